The minimum atomic E-state index is 0. The number of halogens is 1. The molecule has 0 saturated heterocycles. The number of ketones is 1. The van der Waals surface area contributed by atoms with E-state index in [0.717, 1.165) is 5.75 Å². The average Bonchev–Trinajstić information content (AvgIpc) is 2.40. The molecule has 1 heterocycles. The fraction of sp³-hybridized carbons (Fsp3) is 0.154. The molecule has 0 aliphatic carbocycles. The van der Waals surface area contributed by atoms with Crippen LogP contribution in [0.3, 0.4) is 0 Å². The van der Waals surface area contributed by atoms with Crippen LogP contribution in [-0.2, 0) is 6.54 Å². The maximum atomic E-state index is 11.9. The van der Waals surface area contributed by atoms with Crippen LogP contribution < -0.4 is 9.30 Å². The number of nitrogens with zero attached hydrogens (tertiary/aromatic N) is 2. The largest absolute Gasteiger partial charge is 0.497 e. The van der Waals surface area contributed by atoms with Crippen molar-refractivity contribution in [2.45, 2.75) is 6.54 Å². The highest BCUT2D eigenvalue weighted by atomic mass is 79.9. The zero-order valence-corrected chi connectivity index (χ0v) is 11.7. The van der Waals surface area contributed by atoms with Crippen molar-refractivity contribution in [1.29, 1.82) is 0 Å². The molecule has 0 amide bonds. The maximum absolute atomic E-state index is 11.9. The van der Waals surface area contributed by atoms with Gasteiger partial charge in [-0.2, -0.15) is 4.57 Å². The molecule has 1 aromatic carbocycles. The van der Waals surface area contributed by atoms with E-state index in [9.17, 15) is 4.79 Å². The molecular formula is C13H14BrN2O2+. The number of rotatable bonds is 4. The Morgan fingerprint density at radius 2 is 1.83 bits per heavy atom. The zero-order valence-electron chi connectivity index (χ0n) is 9.95. The van der Waals surface area contributed by atoms with Crippen molar-refractivity contribution in [2.75, 3.05) is 7.11 Å². The van der Waals surface area contributed by atoms with Gasteiger partial charge in [0.25, 0.3) is 0 Å². The summed E-state index contributed by atoms with van der Waals surface area (Å²) in [5.74, 6) is 0.807. The topological polar surface area (TPSA) is 43.1 Å². The Morgan fingerprint density at radius 1 is 1.22 bits per heavy atom. The van der Waals surface area contributed by atoms with Crippen LogP contribution >= 0.6 is 17.0 Å². The second-order valence-electron chi connectivity index (χ2n) is 3.57. The minimum absolute atomic E-state index is 0. The van der Waals surface area contributed by atoms with Crippen LogP contribution in [0.4, 0.5) is 0 Å². The Kier molecular flexibility index (Phi) is 5.45. The monoisotopic (exact) mass is 309 g/mol. The lowest BCUT2D eigenvalue weighted by Crippen LogP contribution is -2.37. The van der Waals surface area contributed by atoms with Gasteiger partial charge in [0.2, 0.25) is 12.3 Å². The minimum Gasteiger partial charge on any atom is -0.497 e. The second kappa shape index (κ2) is 6.86. The number of carbonyl (C=O) groups excluding carboxylic acids is 1. The second-order valence-corrected chi connectivity index (χ2v) is 3.57. The summed E-state index contributed by atoms with van der Waals surface area (Å²) in [5, 5.41) is 0. The Hall–Kier alpha value is -1.75. The Labute approximate surface area is 116 Å². The molecule has 4 nitrogen and oxygen atoms in total. The number of methoxy groups -OCH3 is 1. The fourth-order valence-electron chi connectivity index (χ4n) is 1.49. The van der Waals surface area contributed by atoms with Gasteiger partial charge in [0, 0.05) is 5.56 Å². The number of hydrogen-bond acceptors (Lipinski definition) is 3. The van der Waals surface area contributed by atoms with Gasteiger partial charge in [0.1, 0.15) is 5.75 Å². The number of benzene rings is 1. The van der Waals surface area contributed by atoms with E-state index in [-0.39, 0.29) is 22.8 Å². The summed E-state index contributed by atoms with van der Waals surface area (Å²) in [6.07, 6.45) is 6.84. The van der Waals surface area contributed by atoms with Gasteiger partial charge in [-0.05, 0) is 24.3 Å². The maximum Gasteiger partial charge on any atom is 0.227 e. The molecule has 0 fully saturated rings. The molecule has 0 N–H and O–H groups in total. The van der Waals surface area contributed by atoms with Gasteiger partial charge in [-0.15, -0.1) is 17.0 Å². The molecule has 0 atom stereocenters. The predicted molar refractivity (Wildman–Crippen MR) is 72.1 cm³/mol. The van der Waals surface area contributed by atoms with Crippen LogP contribution in [0.5, 0.6) is 5.75 Å². The molecule has 2 aromatic rings. The van der Waals surface area contributed by atoms with E-state index in [1.165, 1.54) is 0 Å². The van der Waals surface area contributed by atoms with Crippen molar-refractivity contribution in [1.82, 2.24) is 4.98 Å². The quantitative estimate of drug-likeness (QED) is 0.639. The van der Waals surface area contributed by atoms with Gasteiger partial charge in [0.15, 0.2) is 12.4 Å². The van der Waals surface area contributed by atoms with Gasteiger partial charge in [-0.3, -0.25) is 9.78 Å². The van der Waals surface area contributed by atoms with Gasteiger partial charge in [0.05, 0.1) is 19.5 Å². The Morgan fingerprint density at radius 3 is 2.39 bits per heavy atom. The summed E-state index contributed by atoms with van der Waals surface area (Å²) in [5.41, 5.74) is 0.676. The van der Waals surface area contributed by atoms with Crippen molar-refractivity contribution in [3.63, 3.8) is 0 Å². The third-order valence-electron chi connectivity index (χ3n) is 2.43. The van der Waals surface area contributed by atoms with Crippen molar-refractivity contribution >= 4 is 22.8 Å². The first-order chi connectivity index (χ1) is 8.29. The molecule has 0 spiro atoms. The van der Waals surface area contributed by atoms with Crippen LogP contribution in [0.1, 0.15) is 10.4 Å². The number of carbonyl (C=O) groups is 1. The van der Waals surface area contributed by atoms with Crippen LogP contribution in [0.2, 0.25) is 0 Å². The van der Waals surface area contributed by atoms with Gasteiger partial charge < -0.3 is 4.74 Å². The van der Waals surface area contributed by atoms with Crippen LogP contribution in [0.15, 0.2) is 49.1 Å². The molecular weight excluding hydrogens is 296 g/mol. The van der Waals surface area contributed by atoms with E-state index in [0.29, 0.717) is 12.1 Å². The van der Waals surface area contributed by atoms with Crippen molar-refractivity contribution in [2.24, 2.45) is 0 Å². The molecule has 2 rings (SSSR count). The molecule has 0 bridgehead atoms. The summed E-state index contributed by atoms with van der Waals surface area (Å²) in [4.78, 5) is 15.8. The number of hydrogen-bond donors (Lipinski definition) is 0. The highest BCUT2D eigenvalue weighted by Gasteiger charge is 2.11. The SMILES string of the molecule is Br.COc1ccc(C(=O)C[n+]2ccncc2)cc1. The van der Waals surface area contributed by atoms with Crippen molar-refractivity contribution in [3.05, 3.63) is 54.6 Å². The first-order valence-corrected chi connectivity index (χ1v) is 5.26. The van der Waals surface area contributed by atoms with E-state index in [1.54, 1.807) is 60.7 Å². The lowest BCUT2D eigenvalue weighted by Gasteiger charge is -2.01. The number of aromatic nitrogens is 2. The average molecular weight is 310 g/mol. The van der Waals surface area contributed by atoms with E-state index < -0.39 is 0 Å². The summed E-state index contributed by atoms with van der Waals surface area (Å²) in [6.45, 7) is 0.314. The molecule has 94 valence electrons. The molecule has 5 heteroatoms. The molecule has 0 radical (unpaired) electrons. The highest BCUT2D eigenvalue weighted by Crippen LogP contribution is 2.11. The summed E-state index contributed by atoms with van der Waals surface area (Å²) >= 11 is 0. The first kappa shape index (κ1) is 14.3. The van der Waals surface area contributed by atoms with E-state index in [2.05, 4.69) is 4.98 Å². The molecule has 0 aliphatic heterocycles. The molecule has 18 heavy (non-hydrogen) atoms. The van der Waals surface area contributed by atoms with Crippen LogP contribution in [0.25, 0.3) is 0 Å². The molecule has 0 saturated carbocycles. The predicted octanol–water partition coefficient (Wildman–Crippen LogP) is 1.84. The Bertz CT molecular complexity index is 500. The summed E-state index contributed by atoms with van der Waals surface area (Å²) in [6, 6.07) is 7.10. The van der Waals surface area contributed by atoms with Crippen LogP contribution in [-0.4, -0.2) is 17.9 Å². The first-order valence-electron chi connectivity index (χ1n) is 5.26. The summed E-state index contributed by atoms with van der Waals surface area (Å²) < 4.78 is 6.83. The number of ether oxygens (including phenoxy) is 1. The van der Waals surface area contributed by atoms with E-state index >= 15 is 0 Å². The van der Waals surface area contributed by atoms with Gasteiger partial charge in [-0.1, -0.05) is 0 Å². The van der Waals surface area contributed by atoms with Gasteiger partial charge in [-0.25, -0.2) is 0 Å². The highest BCUT2D eigenvalue weighted by molar-refractivity contribution is 8.93. The fourth-order valence-corrected chi connectivity index (χ4v) is 1.49. The smallest absolute Gasteiger partial charge is 0.227 e. The van der Waals surface area contributed by atoms with E-state index in [4.69, 9.17) is 4.74 Å². The lowest BCUT2D eigenvalue weighted by molar-refractivity contribution is -0.683. The molecule has 0 unspecified atom stereocenters. The standard InChI is InChI=1S/C13H13N2O2.BrH/c1-17-12-4-2-11(3-5-12)13(16)10-15-8-6-14-7-9-15;/h2-9H,10H2,1H3;1H/q+1;. The van der Waals surface area contributed by atoms with Crippen LogP contribution in [0, 0.1) is 0 Å². The zero-order chi connectivity index (χ0) is 12.1. The normalized spacial score (nSPS) is 9.39. The lowest BCUT2D eigenvalue weighted by atomic mass is 10.1. The van der Waals surface area contributed by atoms with Crippen molar-refractivity contribution in [3.8, 4) is 5.75 Å². The number of Topliss-reactive ketones (excluding diaryl/α,β-unsaturated/α-hetero) is 1. The summed E-state index contributed by atoms with van der Waals surface area (Å²) in [7, 11) is 1.60. The molecule has 1 aromatic heterocycles. The third-order valence-corrected chi connectivity index (χ3v) is 2.43. The van der Waals surface area contributed by atoms with E-state index in [1.807, 2.05) is 0 Å². The third kappa shape index (κ3) is 3.63. The molecule has 0 aliphatic rings. The van der Waals surface area contributed by atoms with Crippen molar-refractivity contribution < 1.29 is 14.1 Å². The van der Waals surface area contributed by atoms with Gasteiger partial charge >= 0.3 is 0 Å². The Balaban J connectivity index is 0.00000162.